The maximum absolute atomic E-state index is 13.2. The second-order valence-electron chi connectivity index (χ2n) is 5.87. The van der Waals surface area contributed by atoms with Gasteiger partial charge in [-0.2, -0.15) is 0 Å². The predicted molar refractivity (Wildman–Crippen MR) is 101 cm³/mol. The molecular weight excluding hydrogens is 337 g/mol. The molecule has 0 aliphatic rings. The fraction of sp³-hybridized carbons (Fsp3) is 0.579. The van der Waals surface area contributed by atoms with Crippen LogP contribution in [0.25, 0.3) is 0 Å². The maximum Gasteiger partial charge on any atom is 0.305 e. The first-order chi connectivity index (χ1) is 12.6. The van der Waals surface area contributed by atoms with Crippen LogP contribution in [0.15, 0.2) is 29.3 Å². The first-order valence-corrected chi connectivity index (χ1v) is 9.02. The van der Waals surface area contributed by atoms with E-state index in [0.29, 0.717) is 24.7 Å². The molecule has 0 fully saturated rings. The standard InChI is InChI=1S/C19H30FN3O3/c1-4-16(26-17-10-8-9-15(20)13-17)14-23-19(21-2)22-12-7-5-6-11-18(24)25-3/h8-10,13,16H,4-7,11-12,14H2,1-3H3,(H2,21,22,23). The van der Waals surface area contributed by atoms with Gasteiger partial charge in [-0.3, -0.25) is 9.79 Å². The van der Waals surface area contributed by atoms with Crippen molar-refractivity contribution in [3.63, 3.8) is 0 Å². The van der Waals surface area contributed by atoms with E-state index in [2.05, 4.69) is 20.4 Å². The number of nitrogens with zero attached hydrogens (tertiary/aromatic N) is 1. The zero-order valence-electron chi connectivity index (χ0n) is 15.9. The molecule has 1 aromatic carbocycles. The Bertz CT molecular complexity index is 567. The van der Waals surface area contributed by atoms with Gasteiger partial charge in [0, 0.05) is 26.1 Å². The van der Waals surface area contributed by atoms with Crippen molar-refractivity contribution in [2.24, 2.45) is 4.99 Å². The van der Waals surface area contributed by atoms with Gasteiger partial charge < -0.3 is 20.1 Å². The minimum Gasteiger partial charge on any atom is -0.489 e. The van der Waals surface area contributed by atoms with E-state index in [1.165, 1.54) is 19.2 Å². The van der Waals surface area contributed by atoms with Crippen LogP contribution in [0.5, 0.6) is 5.75 Å². The number of hydrogen-bond acceptors (Lipinski definition) is 4. The van der Waals surface area contributed by atoms with E-state index in [1.54, 1.807) is 19.2 Å². The Morgan fingerprint density at radius 2 is 2.08 bits per heavy atom. The summed E-state index contributed by atoms with van der Waals surface area (Å²) in [5.74, 6) is 0.737. The Morgan fingerprint density at radius 1 is 1.27 bits per heavy atom. The molecule has 0 bridgehead atoms. The molecule has 0 saturated carbocycles. The predicted octanol–water partition coefficient (Wildman–Crippen LogP) is 2.88. The minimum atomic E-state index is -0.310. The molecule has 0 aliphatic carbocycles. The lowest BCUT2D eigenvalue weighted by Crippen LogP contribution is -2.42. The molecule has 0 aliphatic heterocycles. The van der Waals surface area contributed by atoms with Gasteiger partial charge in [0.2, 0.25) is 0 Å². The third-order valence-electron chi connectivity index (χ3n) is 3.85. The summed E-state index contributed by atoms with van der Waals surface area (Å²) in [6, 6.07) is 6.14. The second kappa shape index (κ2) is 13.0. The highest BCUT2D eigenvalue weighted by atomic mass is 19.1. The third-order valence-corrected chi connectivity index (χ3v) is 3.85. The number of rotatable bonds is 11. The first kappa shape index (κ1) is 21.7. The number of halogens is 1. The summed E-state index contributed by atoms with van der Waals surface area (Å²) in [5, 5.41) is 6.45. The van der Waals surface area contributed by atoms with E-state index in [4.69, 9.17) is 4.74 Å². The molecule has 7 heteroatoms. The van der Waals surface area contributed by atoms with Crippen molar-refractivity contribution in [2.45, 2.75) is 45.1 Å². The molecular formula is C19H30FN3O3. The van der Waals surface area contributed by atoms with Crippen molar-refractivity contribution in [1.82, 2.24) is 10.6 Å². The van der Waals surface area contributed by atoms with Crippen LogP contribution in [0, 0.1) is 5.82 Å². The van der Waals surface area contributed by atoms with Crippen molar-refractivity contribution < 1.29 is 18.7 Å². The number of carbonyl (C=O) groups is 1. The zero-order chi connectivity index (χ0) is 19.2. The molecule has 0 aromatic heterocycles. The van der Waals surface area contributed by atoms with Gasteiger partial charge in [0.15, 0.2) is 5.96 Å². The lowest BCUT2D eigenvalue weighted by Gasteiger charge is -2.20. The molecule has 1 unspecified atom stereocenters. The van der Waals surface area contributed by atoms with Crippen LogP contribution in [0.2, 0.25) is 0 Å². The minimum absolute atomic E-state index is 0.0876. The Hall–Kier alpha value is -2.31. The van der Waals surface area contributed by atoms with Crippen LogP contribution in [0.3, 0.4) is 0 Å². The number of ether oxygens (including phenoxy) is 2. The number of nitrogens with one attached hydrogen (secondary N) is 2. The number of aliphatic imine (C=N–C) groups is 1. The molecule has 0 radical (unpaired) electrons. The van der Waals surface area contributed by atoms with Gasteiger partial charge in [-0.15, -0.1) is 0 Å². The lowest BCUT2D eigenvalue weighted by atomic mass is 10.2. The topological polar surface area (TPSA) is 72.0 Å². The summed E-state index contributed by atoms with van der Waals surface area (Å²) in [4.78, 5) is 15.2. The highest BCUT2D eigenvalue weighted by molar-refractivity contribution is 5.79. The number of guanidine groups is 1. The molecule has 1 rings (SSSR count). The molecule has 1 aromatic rings. The monoisotopic (exact) mass is 367 g/mol. The quantitative estimate of drug-likeness (QED) is 0.272. The fourth-order valence-corrected chi connectivity index (χ4v) is 2.31. The van der Waals surface area contributed by atoms with E-state index in [9.17, 15) is 9.18 Å². The highest BCUT2D eigenvalue weighted by Crippen LogP contribution is 2.14. The van der Waals surface area contributed by atoms with Gasteiger partial charge in [0.25, 0.3) is 0 Å². The summed E-state index contributed by atoms with van der Waals surface area (Å²) in [6.07, 6.45) is 3.86. The molecule has 6 nitrogen and oxygen atoms in total. The van der Waals surface area contributed by atoms with Crippen molar-refractivity contribution in [3.8, 4) is 5.75 Å². The van der Waals surface area contributed by atoms with Gasteiger partial charge in [0.05, 0.1) is 13.7 Å². The Labute approximate surface area is 155 Å². The number of unbranched alkanes of at least 4 members (excludes halogenated alkanes) is 2. The first-order valence-electron chi connectivity index (χ1n) is 9.02. The molecule has 0 amide bonds. The molecule has 0 saturated heterocycles. The fourth-order valence-electron chi connectivity index (χ4n) is 2.31. The van der Waals surface area contributed by atoms with Gasteiger partial charge in [-0.1, -0.05) is 19.4 Å². The SMILES string of the molecule is CCC(CNC(=NC)NCCCCCC(=O)OC)Oc1cccc(F)c1. The smallest absolute Gasteiger partial charge is 0.305 e. The van der Waals surface area contributed by atoms with Crippen molar-refractivity contribution in [2.75, 3.05) is 27.2 Å². The van der Waals surface area contributed by atoms with Gasteiger partial charge in [0.1, 0.15) is 17.7 Å². The number of hydrogen-bond donors (Lipinski definition) is 2. The van der Waals surface area contributed by atoms with Gasteiger partial charge >= 0.3 is 5.97 Å². The Morgan fingerprint density at radius 3 is 2.73 bits per heavy atom. The van der Waals surface area contributed by atoms with E-state index in [1.807, 2.05) is 6.92 Å². The van der Waals surface area contributed by atoms with Crippen molar-refractivity contribution in [1.29, 1.82) is 0 Å². The van der Waals surface area contributed by atoms with E-state index in [0.717, 1.165) is 32.2 Å². The molecule has 146 valence electrons. The number of benzene rings is 1. The number of methoxy groups -OCH3 is 1. The maximum atomic E-state index is 13.2. The van der Waals surface area contributed by atoms with Gasteiger partial charge in [-0.25, -0.2) is 4.39 Å². The summed E-state index contributed by atoms with van der Waals surface area (Å²) in [7, 11) is 3.11. The zero-order valence-corrected chi connectivity index (χ0v) is 15.9. The normalized spacial score (nSPS) is 12.4. The summed E-state index contributed by atoms with van der Waals surface area (Å²) < 4.78 is 23.6. The average molecular weight is 367 g/mol. The molecule has 2 N–H and O–H groups in total. The van der Waals surface area contributed by atoms with Crippen LogP contribution in [-0.4, -0.2) is 45.3 Å². The van der Waals surface area contributed by atoms with Crippen LogP contribution in [-0.2, 0) is 9.53 Å². The summed E-state index contributed by atoms with van der Waals surface area (Å²) in [5.41, 5.74) is 0. The average Bonchev–Trinajstić information content (AvgIpc) is 2.65. The van der Waals surface area contributed by atoms with E-state index < -0.39 is 0 Å². The summed E-state index contributed by atoms with van der Waals surface area (Å²) >= 11 is 0. The van der Waals surface area contributed by atoms with Crippen LogP contribution in [0.4, 0.5) is 4.39 Å². The van der Waals surface area contributed by atoms with E-state index >= 15 is 0 Å². The molecule has 26 heavy (non-hydrogen) atoms. The lowest BCUT2D eigenvalue weighted by molar-refractivity contribution is -0.140. The van der Waals surface area contributed by atoms with Crippen LogP contribution < -0.4 is 15.4 Å². The Kier molecular flexibility index (Phi) is 10.8. The van der Waals surface area contributed by atoms with E-state index in [-0.39, 0.29) is 17.9 Å². The molecule has 0 heterocycles. The number of esters is 1. The molecule has 1 atom stereocenters. The number of carbonyl (C=O) groups excluding carboxylic acids is 1. The van der Waals surface area contributed by atoms with Crippen molar-refractivity contribution >= 4 is 11.9 Å². The van der Waals surface area contributed by atoms with Gasteiger partial charge in [-0.05, 0) is 31.4 Å². The van der Waals surface area contributed by atoms with Crippen LogP contribution in [0.1, 0.15) is 39.0 Å². The Balaban J connectivity index is 2.26. The summed E-state index contributed by atoms with van der Waals surface area (Å²) in [6.45, 7) is 3.35. The third kappa shape index (κ3) is 9.25. The second-order valence-corrected chi connectivity index (χ2v) is 5.87. The largest absolute Gasteiger partial charge is 0.489 e. The van der Waals surface area contributed by atoms with Crippen molar-refractivity contribution in [3.05, 3.63) is 30.1 Å². The molecule has 0 spiro atoms. The van der Waals surface area contributed by atoms with Crippen LogP contribution >= 0.6 is 0 Å². The highest BCUT2D eigenvalue weighted by Gasteiger charge is 2.10.